The van der Waals surface area contributed by atoms with E-state index < -0.39 is 11.7 Å². The monoisotopic (exact) mass is 472 g/mol. The number of para-hydroxylation sites is 1. The second-order valence-electron chi connectivity index (χ2n) is 8.18. The van der Waals surface area contributed by atoms with Crippen molar-refractivity contribution < 1.29 is 13.9 Å². The highest BCUT2D eigenvalue weighted by molar-refractivity contribution is 5.98. The molecule has 10 heteroatoms. The summed E-state index contributed by atoms with van der Waals surface area (Å²) in [5, 5.41) is 4.28. The average molecular weight is 472 g/mol. The lowest BCUT2D eigenvalue weighted by atomic mass is 10.1. The maximum Gasteiger partial charge on any atom is 0.328 e. The van der Waals surface area contributed by atoms with Gasteiger partial charge in [0.05, 0.1) is 5.69 Å². The zero-order valence-electron chi connectivity index (χ0n) is 18.9. The molecule has 0 spiro atoms. The predicted octanol–water partition coefficient (Wildman–Crippen LogP) is 4.19. The molecule has 0 unspecified atom stereocenters. The van der Waals surface area contributed by atoms with Crippen molar-refractivity contribution >= 4 is 17.1 Å². The van der Waals surface area contributed by atoms with Crippen LogP contribution in [-0.4, -0.2) is 30.2 Å². The number of halogens is 1. The Balaban J connectivity index is 1.54. The summed E-state index contributed by atoms with van der Waals surface area (Å²) in [5.74, 6) is -1.16. The Hall–Kier alpha value is -4.73. The van der Waals surface area contributed by atoms with E-state index in [0.717, 1.165) is 5.69 Å². The van der Waals surface area contributed by atoms with E-state index >= 15 is 4.39 Å². The Labute approximate surface area is 198 Å². The lowest BCUT2D eigenvalue weighted by Gasteiger charge is -2.12. The molecule has 0 aliphatic rings. The van der Waals surface area contributed by atoms with Crippen LogP contribution in [0.1, 0.15) is 30.4 Å². The molecule has 35 heavy (non-hydrogen) atoms. The molecule has 2 aromatic carbocycles. The second kappa shape index (κ2) is 8.56. The van der Waals surface area contributed by atoms with Gasteiger partial charge < -0.3 is 10.5 Å². The van der Waals surface area contributed by atoms with Crippen molar-refractivity contribution in [3.63, 3.8) is 0 Å². The number of pyridine rings is 1. The molecule has 0 aliphatic carbocycles. The molecule has 5 aromatic rings. The third kappa shape index (κ3) is 3.95. The van der Waals surface area contributed by atoms with E-state index in [1.165, 1.54) is 27.6 Å². The number of hydrogen-bond acceptors (Lipinski definition) is 5. The van der Waals surface area contributed by atoms with Gasteiger partial charge in [-0.1, -0.05) is 24.3 Å². The molecule has 0 saturated heterocycles. The van der Waals surface area contributed by atoms with Crippen molar-refractivity contribution in [1.29, 1.82) is 0 Å². The Morgan fingerprint density at radius 1 is 1.11 bits per heavy atom. The number of nitrogens with two attached hydrogens (primary N) is 1. The second-order valence-corrected chi connectivity index (χ2v) is 8.18. The number of imidazole rings is 1. The molecule has 1 amide bonds. The average Bonchev–Trinajstić information content (AvgIpc) is 3.43. The molecule has 0 fully saturated rings. The standard InChI is InChI=1S/C25H21FN6O3/c1-14(2)32-22-20(10-11-28-24(22)29-25(32)34)35-19-9-8-15(12-18(19)26)17-13-31(30-21(17)23(27)33)16-6-4-3-5-7-16/h3-14H,1-2H3,(H2,27,33)(H,28,29,34). The third-order valence-corrected chi connectivity index (χ3v) is 5.52. The minimum atomic E-state index is -0.728. The first kappa shape index (κ1) is 22.1. The lowest BCUT2D eigenvalue weighted by Crippen LogP contribution is -2.18. The largest absolute Gasteiger partial charge is 0.452 e. The van der Waals surface area contributed by atoms with Gasteiger partial charge >= 0.3 is 5.69 Å². The number of rotatable bonds is 6. The summed E-state index contributed by atoms with van der Waals surface area (Å²) < 4.78 is 24.1. The molecule has 0 radical (unpaired) electrons. The van der Waals surface area contributed by atoms with E-state index in [2.05, 4.69) is 15.1 Å². The van der Waals surface area contributed by atoms with Crippen molar-refractivity contribution in [1.82, 2.24) is 24.3 Å². The summed E-state index contributed by atoms with van der Waals surface area (Å²) in [6, 6.07) is 14.9. The van der Waals surface area contributed by atoms with Crippen molar-refractivity contribution in [3.8, 4) is 28.3 Å². The number of aromatic nitrogens is 5. The molecule has 0 aliphatic heterocycles. The minimum Gasteiger partial charge on any atom is -0.452 e. The van der Waals surface area contributed by atoms with Crippen LogP contribution in [0.5, 0.6) is 11.5 Å². The highest BCUT2D eigenvalue weighted by Crippen LogP contribution is 2.33. The molecule has 5 rings (SSSR count). The van der Waals surface area contributed by atoms with E-state index in [1.54, 1.807) is 18.3 Å². The molecule has 3 aromatic heterocycles. The topological polar surface area (TPSA) is 121 Å². The van der Waals surface area contributed by atoms with Crippen LogP contribution in [0.15, 0.2) is 71.8 Å². The zero-order chi connectivity index (χ0) is 24.7. The number of aromatic amines is 1. The summed E-state index contributed by atoms with van der Waals surface area (Å²) in [6.07, 6.45) is 3.10. The van der Waals surface area contributed by atoms with Gasteiger partial charge in [0.15, 0.2) is 28.7 Å². The molecule has 0 saturated carbocycles. The van der Waals surface area contributed by atoms with Crippen LogP contribution in [0.3, 0.4) is 0 Å². The lowest BCUT2D eigenvalue weighted by molar-refractivity contribution is 0.0995. The number of amides is 1. The SMILES string of the molecule is CC(C)n1c(=O)[nH]c2nccc(Oc3ccc(-c4cn(-c5ccccc5)nc4C(N)=O)cc3F)c21. The predicted molar refractivity (Wildman–Crippen MR) is 128 cm³/mol. The van der Waals surface area contributed by atoms with Gasteiger partial charge in [-0.3, -0.25) is 14.3 Å². The van der Waals surface area contributed by atoms with Crippen molar-refractivity contribution in [2.24, 2.45) is 5.73 Å². The smallest absolute Gasteiger partial charge is 0.328 e. The molecular formula is C25H21FN6O3. The molecule has 9 nitrogen and oxygen atoms in total. The molecule has 0 bridgehead atoms. The quantitative estimate of drug-likeness (QED) is 0.384. The number of carbonyl (C=O) groups excluding carboxylic acids is 1. The van der Waals surface area contributed by atoms with E-state index in [4.69, 9.17) is 10.5 Å². The fourth-order valence-electron chi connectivity index (χ4n) is 3.95. The third-order valence-electron chi connectivity index (χ3n) is 5.52. The number of nitrogens with zero attached hydrogens (tertiary/aromatic N) is 4. The summed E-state index contributed by atoms with van der Waals surface area (Å²) in [6.45, 7) is 3.71. The van der Waals surface area contributed by atoms with Gasteiger partial charge in [-0.05, 0) is 43.7 Å². The Morgan fingerprint density at radius 2 is 1.89 bits per heavy atom. The Kier molecular flexibility index (Phi) is 5.40. The van der Waals surface area contributed by atoms with Crippen LogP contribution in [0.25, 0.3) is 28.0 Å². The molecular weight excluding hydrogens is 451 g/mol. The number of ether oxygens (including phenoxy) is 1. The van der Waals surface area contributed by atoms with Crippen molar-refractivity contribution in [2.45, 2.75) is 19.9 Å². The first-order valence-electron chi connectivity index (χ1n) is 10.9. The van der Waals surface area contributed by atoms with Crippen LogP contribution in [0.4, 0.5) is 4.39 Å². The Bertz CT molecular complexity index is 1620. The van der Waals surface area contributed by atoms with Crippen LogP contribution in [0.2, 0.25) is 0 Å². The highest BCUT2D eigenvalue weighted by atomic mass is 19.1. The number of fused-ring (bicyclic) bond motifs is 1. The van der Waals surface area contributed by atoms with Gasteiger partial charge in [-0.15, -0.1) is 0 Å². The fraction of sp³-hybridized carbons (Fsp3) is 0.120. The number of carbonyl (C=O) groups is 1. The van der Waals surface area contributed by atoms with Crippen molar-refractivity contribution in [3.05, 3.63) is 89.0 Å². The normalized spacial score (nSPS) is 11.3. The summed E-state index contributed by atoms with van der Waals surface area (Å²) in [4.78, 5) is 31.2. The van der Waals surface area contributed by atoms with E-state index in [-0.39, 0.29) is 28.9 Å². The molecule has 0 atom stereocenters. The maximum absolute atomic E-state index is 15.2. The molecule has 3 N–H and O–H groups in total. The number of nitrogens with one attached hydrogen (secondary N) is 1. The van der Waals surface area contributed by atoms with E-state index in [1.807, 2.05) is 44.2 Å². The van der Waals surface area contributed by atoms with Gasteiger partial charge in [0.2, 0.25) is 0 Å². The van der Waals surface area contributed by atoms with Gasteiger partial charge in [0, 0.05) is 30.1 Å². The minimum absolute atomic E-state index is 0.0195. The van der Waals surface area contributed by atoms with Crippen molar-refractivity contribution in [2.75, 3.05) is 0 Å². The van der Waals surface area contributed by atoms with Gasteiger partial charge in [0.1, 0.15) is 5.52 Å². The first-order chi connectivity index (χ1) is 16.8. The fourth-order valence-corrected chi connectivity index (χ4v) is 3.95. The van der Waals surface area contributed by atoms with E-state index in [0.29, 0.717) is 22.3 Å². The van der Waals surface area contributed by atoms with Crippen LogP contribution in [-0.2, 0) is 0 Å². The zero-order valence-corrected chi connectivity index (χ0v) is 18.9. The molecule has 176 valence electrons. The number of H-pyrrole nitrogens is 1. The number of primary amides is 1. The number of benzene rings is 2. The van der Waals surface area contributed by atoms with E-state index in [9.17, 15) is 9.59 Å². The van der Waals surface area contributed by atoms with Gasteiger partial charge in [-0.25, -0.2) is 18.9 Å². The summed E-state index contributed by atoms with van der Waals surface area (Å²) >= 11 is 0. The van der Waals surface area contributed by atoms with Crippen LogP contribution < -0.4 is 16.2 Å². The summed E-state index contributed by atoms with van der Waals surface area (Å²) in [5.41, 5.74) is 7.54. The maximum atomic E-state index is 15.2. The summed E-state index contributed by atoms with van der Waals surface area (Å²) in [7, 11) is 0. The number of hydrogen-bond donors (Lipinski definition) is 2. The van der Waals surface area contributed by atoms with Gasteiger partial charge in [-0.2, -0.15) is 5.10 Å². The van der Waals surface area contributed by atoms with Gasteiger partial charge in [0.25, 0.3) is 5.91 Å². The van der Waals surface area contributed by atoms with Crippen LogP contribution >= 0.6 is 0 Å². The molecule has 3 heterocycles. The Morgan fingerprint density at radius 3 is 2.57 bits per heavy atom. The van der Waals surface area contributed by atoms with Crippen LogP contribution in [0, 0.1) is 5.82 Å². The first-order valence-corrected chi connectivity index (χ1v) is 10.9. The highest BCUT2D eigenvalue weighted by Gasteiger charge is 2.20.